The van der Waals surface area contributed by atoms with Crippen molar-refractivity contribution in [1.82, 2.24) is 0 Å². The van der Waals surface area contributed by atoms with Gasteiger partial charge in [0.1, 0.15) is 34.1 Å². The molecule has 4 rings (SSSR count). The molecule has 0 aliphatic rings. The minimum atomic E-state index is -1.14. The number of hydrogen-bond donors (Lipinski definition) is 0. The molecule has 0 radical (unpaired) electrons. The molecule has 190 valence electrons. The zero-order chi connectivity index (χ0) is 26.7. The molecule has 0 unspecified atom stereocenters. The monoisotopic (exact) mass is 514 g/mol. The Morgan fingerprint density at radius 3 is 1.13 bits per heavy atom. The molecular weight excluding hydrogens is 496 g/mol. The molecular formula is C28H18O10. The molecule has 10 heteroatoms. The fraction of sp³-hybridized carbons (Fsp3) is 0. The normalized spacial score (nSPS) is 10.0. The molecule has 38 heavy (non-hydrogen) atoms. The van der Waals surface area contributed by atoms with Crippen LogP contribution >= 0.6 is 0 Å². The summed E-state index contributed by atoms with van der Waals surface area (Å²) in [5.74, 6) is -2.18. The molecule has 0 bridgehead atoms. The molecule has 0 spiro atoms. The maximum Gasteiger partial charge on any atom is 0.519 e. The van der Waals surface area contributed by atoms with E-state index >= 15 is 0 Å². The van der Waals surface area contributed by atoms with Crippen molar-refractivity contribution in [1.29, 1.82) is 0 Å². The van der Waals surface area contributed by atoms with E-state index < -0.39 is 24.2 Å². The van der Waals surface area contributed by atoms with Crippen molar-refractivity contribution >= 4 is 24.2 Å². The predicted octanol–water partition coefficient (Wildman–Crippen LogP) is 5.77. The largest absolute Gasteiger partial charge is 0.519 e. The summed E-state index contributed by atoms with van der Waals surface area (Å²) in [6.45, 7) is 0. The van der Waals surface area contributed by atoms with Gasteiger partial charge in [-0.1, -0.05) is 60.7 Å². The van der Waals surface area contributed by atoms with Crippen molar-refractivity contribution in [3.8, 4) is 23.0 Å². The van der Waals surface area contributed by atoms with Crippen LogP contribution in [0.15, 0.2) is 109 Å². The minimum absolute atomic E-state index is 0.193. The predicted molar refractivity (Wildman–Crippen MR) is 130 cm³/mol. The Morgan fingerprint density at radius 1 is 0.395 bits per heavy atom. The molecule has 0 aliphatic heterocycles. The van der Waals surface area contributed by atoms with Gasteiger partial charge in [0, 0.05) is 0 Å². The fourth-order valence-corrected chi connectivity index (χ4v) is 3.00. The highest BCUT2D eigenvalue weighted by Gasteiger charge is 2.23. The molecule has 0 saturated heterocycles. The number of benzene rings is 4. The van der Waals surface area contributed by atoms with Crippen LogP contribution in [0.4, 0.5) is 9.59 Å². The Labute approximate surface area is 215 Å². The van der Waals surface area contributed by atoms with E-state index in [0.717, 1.165) is 0 Å². The van der Waals surface area contributed by atoms with Crippen molar-refractivity contribution in [2.75, 3.05) is 0 Å². The molecule has 0 aliphatic carbocycles. The summed E-state index contributed by atoms with van der Waals surface area (Å²) in [7, 11) is 0. The number of carbonyl (C=O) groups is 4. The van der Waals surface area contributed by atoms with Gasteiger partial charge in [-0.05, 0) is 48.5 Å². The molecule has 0 N–H and O–H groups in total. The van der Waals surface area contributed by atoms with E-state index in [1.54, 1.807) is 60.7 Å². The van der Waals surface area contributed by atoms with Crippen molar-refractivity contribution < 1.29 is 47.9 Å². The molecule has 0 aromatic heterocycles. The quantitative estimate of drug-likeness (QED) is 0.136. The molecule has 0 atom stereocenters. The van der Waals surface area contributed by atoms with Crippen LogP contribution in [0.2, 0.25) is 0 Å². The lowest BCUT2D eigenvalue weighted by Crippen LogP contribution is -2.18. The third-order valence-electron chi connectivity index (χ3n) is 4.68. The highest BCUT2D eigenvalue weighted by atomic mass is 17.2. The second-order valence-electron chi connectivity index (χ2n) is 7.27. The van der Waals surface area contributed by atoms with E-state index in [9.17, 15) is 19.2 Å². The number of carbonyl (C=O) groups excluding carboxylic acids is 4. The summed E-state index contributed by atoms with van der Waals surface area (Å²) in [6, 6.07) is 27.5. The van der Waals surface area contributed by atoms with Gasteiger partial charge in [-0.2, -0.15) is 0 Å². The Kier molecular flexibility index (Phi) is 8.28. The number of para-hydroxylation sites is 4. The standard InChI is InChI=1S/C28H18O10/c29-25(21-15-7-9-17-23(21)35-27(31)33-19-11-3-1-4-12-19)37-38-26(30)22-16-8-10-18-24(22)36-28(32)34-20-13-5-2-6-14-20/h1-18H. The molecule has 0 fully saturated rings. The molecule has 0 heterocycles. The summed E-state index contributed by atoms with van der Waals surface area (Å²) in [5.41, 5.74) is -0.442. The first-order valence-electron chi connectivity index (χ1n) is 11.0. The molecule has 4 aromatic rings. The Bertz CT molecular complexity index is 1320. The fourth-order valence-electron chi connectivity index (χ4n) is 3.00. The first-order valence-corrected chi connectivity index (χ1v) is 11.0. The van der Waals surface area contributed by atoms with Gasteiger partial charge in [-0.3, -0.25) is 0 Å². The van der Waals surface area contributed by atoms with Crippen LogP contribution in [0.5, 0.6) is 23.0 Å². The van der Waals surface area contributed by atoms with Gasteiger partial charge in [0.15, 0.2) is 0 Å². The van der Waals surface area contributed by atoms with Crippen LogP contribution in [0.25, 0.3) is 0 Å². The average Bonchev–Trinajstić information content (AvgIpc) is 2.93. The number of hydrogen-bond acceptors (Lipinski definition) is 10. The van der Waals surface area contributed by atoms with Crippen LogP contribution in [0.3, 0.4) is 0 Å². The zero-order valence-electron chi connectivity index (χ0n) is 19.5. The maximum absolute atomic E-state index is 12.6. The van der Waals surface area contributed by atoms with E-state index in [1.807, 2.05) is 0 Å². The van der Waals surface area contributed by atoms with E-state index in [4.69, 9.17) is 18.9 Å². The van der Waals surface area contributed by atoms with Gasteiger partial charge in [-0.15, -0.1) is 0 Å². The summed E-state index contributed by atoms with van der Waals surface area (Å²) < 4.78 is 20.3. The lowest BCUT2D eigenvalue weighted by Gasteiger charge is -2.10. The van der Waals surface area contributed by atoms with Gasteiger partial charge in [0.05, 0.1) is 0 Å². The summed E-state index contributed by atoms with van der Waals surface area (Å²) in [4.78, 5) is 58.7. The van der Waals surface area contributed by atoms with Crippen LogP contribution in [-0.4, -0.2) is 24.2 Å². The SMILES string of the molecule is O=C(Oc1ccccc1)Oc1ccccc1C(=O)OOC(=O)c1ccccc1OC(=O)Oc1ccccc1. The van der Waals surface area contributed by atoms with Gasteiger partial charge < -0.3 is 18.9 Å². The highest BCUT2D eigenvalue weighted by Crippen LogP contribution is 2.23. The van der Waals surface area contributed by atoms with E-state index in [2.05, 4.69) is 9.78 Å². The topological polar surface area (TPSA) is 124 Å². The van der Waals surface area contributed by atoms with Gasteiger partial charge in [-0.25, -0.2) is 29.0 Å². The van der Waals surface area contributed by atoms with E-state index in [-0.39, 0.29) is 34.1 Å². The van der Waals surface area contributed by atoms with Gasteiger partial charge in [0.2, 0.25) is 0 Å². The average molecular weight is 514 g/mol. The Balaban J connectivity index is 1.37. The van der Waals surface area contributed by atoms with Gasteiger partial charge in [0.25, 0.3) is 0 Å². The molecule has 0 amide bonds. The van der Waals surface area contributed by atoms with Crippen molar-refractivity contribution in [2.45, 2.75) is 0 Å². The van der Waals surface area contributed by atoms with Crippen LogP contribution in [-0.2, 0) is 9.78 Å². The van der Waals surface area contributed by atoms with Crippen LogP contribution < -0.4 is 18.9 Å². The van der Waals surface area contributed by atoms with Crippen molar-refractivity contribution in [2.24, 2.45) is 0 Å². The smallest absolute Gasteiger partial charge is 0.395 e. The summed E-state index contributed by atoms with van der Waals surface area (Å²) in [6.07, 6.45) is -2.19. The second-order valence-corrected chi connectivity index (χ2v) is 7.27. The Morgan fingerprint density at radius 2 is 0.737 bits per heavy atom. The summed E-state index contributed by atoms with van der Waals surface area (Å²) >= 11 is 0. The third kappa shape index (κ3) is 6.95. The van der Waals surface area contributed by atoms with Crippen LogP contribution in [0, 0.1) is 0 Å². The van der Waals surface area contributed by atoms with E-state index in [1.165, 1.54) is 48.5 Å². The summed E-state index contributed by atoms with van der Waals surface area (Å²) in [5, 5.41) is 0. The van der Waals surface area contributed by atoms with Gasteiger partial charge >= 0.3 is 24.2 Å². The van der Waals surface area contributed by atoms with Crippen LogP contribution in [0.1, 0.15) is 20.7 Å². The molecule has 0 saturated carbocycles. The first-order chi connectivity index (χ1) is 18.5. The lowest BCUT2D eigenvalue weighted by molar-refractivity contribution is -0.187. The zero-order valence-corrected chi connectivity index (χ0v) is 19.5. The number of rotatable bonds is 6. The lowest BCUT2D eigenvalue weighted by atomic mass is 10.2. The highest BCUT2D eigenvalue weighted by molar-refractivity contribution is 5.96. The molecule has 4 aromatic carbocycles. The first kappa shape index (κ1) is 25.5. The maximum atomic E-state index is 12.6. The number of ether oxygens (including phenoxy) is 4. The van der Waals surface area contributed by atoms with E-state index in [0.29, 0.717) is 0 Å². The van der Waals surface area contributed by atoms with Crippen molar-refractivity contribution in [3.05, 3.63) is 120 Å². The molecule has 10 nitrogen and oxygen atoms in total. The second kappa shape index (κ2) is 12.4. The van der Waals surface area contributed by atoms with Crippen molar-refractivity contribution in [3.63, 3.8) is 0 Å². The minimum Gasteiger partial charge on any atom is -0.395 e. The Hall–Kier alpha value is -5.64. The third-order valence-corrected chi connectivity index (χ3v) is 4.68.